The van der Waals surface area contributed by atoms with E-state index in [-0.39, 0.29) is 18.4 Å². The fourth-order valence-corrected chi connectivity index (χ4v) is 1.60. The highest BCUT2D eigenvalue weighted by Gasteiger charge is 2.26. The number of hydrogen-bond acceptors (Lipinski definition) is 2. The summed E-state index contributed by atoms with van der Waals surface area (Å²) >= 11 is 0. The molecule has 0 heterocycles. The van der Waals surface area contributed by atoms with Gasteiger partial charge in [-0.2, -0.15) is 0 Å². The third kappa shape index (κ3) is 1.33. The minimum absolute atomic E-state index is 0. The van der Waals surface area contributed by atoms with E-state index < -0.39 is 6.10 Å². The second kappa shape index (κ2) is 3.44. The van der Waals surface area contributed by atoms with Gasteiger partial charge in [0.15, 0.2) is 0 Å². The van der Waals surface area contributed by atoms with Crippen molar-refractivity contribution < 1.29 is 5.11 Å². The first-order chi connectivity index (χ1) is 5.29. The number of rotatable bonds is 0. The van der Waals surface area contributed by atoms with Crippen molar-refractivity contribution in [3.63, 3.8) is 0 Å². The van der Waals surface area contributed by atoms with Gasteiger partial charge in [-0.05, 0) is 17.5 Å². The van der Waals surface area contributed by atoms with Crippen LogP contribution in [0, 0.1) is 0 Å². The van der Waals surface area contributed by atoms with E-state index in [4.69, 9.17) is 5.73 Å². The maximum atomic E-state index is 9.52. The van der Waals surface area contributed by atoms with Crippen LogP contribution in [-0.4, -0.2) is 11.1 Å². The number of fused-ring (bicyclic) bond motifs is 1. The van der Waals surface area contributed by atoms with Crippen LogP contribution in [0.4, 0.5) is 0 Å². The van der Waals surface area contributed by atoms with E-state index in [1.54, 1.807) is 0 Å². The molecular weight excluding hydrogens is 174 g/mol. The van der Waals surface area contributed by atoms with Crippen LogP contribution in [0.5, 0.6) is 0 Å². The standard InChI is InChI=1S/C9H11NO.ClH/c10-8-5-6-3-1-2-4-7(6)9(8)11;/h1-4,8-9,11H,5,10H2;1H/t8?,9-;/m1./s1. The van der Waals surface area contributed by atoms with Gasteiger partial charge < -0.3 is 10.8 Å². The third-order valence-electron chi connectivity index (χ3n) is 2.23. The molecule has 0 amide bonds. The summed E-state index contributed by atoms with van der Waals surface area (Å²) in [4.78, 5) is 0. The van der Waals surface area contributed by atoms with Gasteiger partial charge >= 0.3 is 0 Å². The molecule has 0 saturated heterocycles. The molecule has 12 heavy (non-hydrogen) atoms. The van der Waals surface area contributed by atoms with Crippen molar-refractivity contribution in [2.24, 2.45) is 5.73 Å². The monoisotopic (exact) mass is 185 g/mol. The molecule has 0 radical (unpaired) electrons. The van der Waals surface area contributed by atoms with Gasteiger partial charge in [0, 0.05) is 6.04 Å². The molecule has 0 spiro atoms. The van der Waals surface area contributed by atoms with Crippen molar-refractivity contribution in [1.29, 1.82) is 0 Å². The van der Waals surface area contributed by atoms with Crippen LogP contribution in [0.15, 0.2) is 24.3 Å². The Bertz CT molecular complexity index is 277. The Balaban J connectivity index is 0.000000720. The van der Waals surface area contributed by atoms with Crippen molar-refractivity contribution in [2.45, 2.75) is 18.6 Å². The number of nitrogens with two attached hydrogens (primary N) is 1. The lowest BCUT2D eigenvalue weighted by atomic mass is 10.1. The number of aliphatic hydroxyl groups excluding tert-OH is 1. The Hall–Kier alpha value is -0.570. The molecule has 2 rings (SSSR count). The van der Waals surface area contributed by atoms with E-state index in [0.29, 0.717) is 0 Å². The van der Waals surface area contributed by atoms with Crippen LogP contribution in [0.2, 0.25) is 0 Å². The lowest BCUT2D eigenvalue weighted by molar-refractivity contribution is 0.159. The summed E-state index contributed by atoms with van der Waals surface area (Å²) in [5.41, 5.74) is 7.87. The molecule has 0 saturated carbocycles. The second-order valence-electron chi connectivity index (χ2n) is 3.01. The predicted octanol–water partition coefficient (Wildman–Crippen LogP) is 1.03. The molecule has 2 atom stereocenters. The van der Waals surface area contributed by atoms with Crippen LogP contribution < -0.4 is 5.73 Å². The minimum Gasteiger partial charge on any atom is -0.387 e. The highest BCUT2D eigenvalue weighted by atomic mass is 35.5. The molecule has 1 aromatic rings. The lowest BCUT2D eigenvalue weighted by Crippen LogP contribution is -2.24. The smallest absolute Gasteiger partial charge is 0.0946 e. The average molecular weight is 186 g/mol. The van der Waals surface area contributed by atoms with Gasteiger partial charge in [0.25, 0.3) is 0 Å². The first-order valence-corrected chi connectivity index (χ1v) is 3.80. The minimum atomic E-state index is -0.453. The SMILES string of the molecule is Cl.NC1Cc2ccccc2[C@H]1O. The van der Waals surface area contributed by atoms with Gasteiger partial charge in [0.05, 0.1) is 6.10 Å². The summed E-state index contributed by atoms with van der Waals surface area (Å²) < 4.78 is 0. The Kier molecular flexibility index (Phi) is 2.73. The number of halogens is 1. The van der Waals surface area contributed by atoms with Crippen molar-refractivity contribution in [3.05, 3.63) is 35.4 Å². The quantitative estimate of drug-likeness (QED) is 0.634. The summed E-state index contributed by atoms with van der Waals surface area (Å²) in [6.45, 7) is 0. The largest absolute Gasteiger partial charge is 0.387 e. The molecule has 1 aromatic carbocycles. The molecule has 0 aliphatic heterocycles. The first kappa shape index (κ1) is 9.52. The summed E-state index contributed by atoms with van der Waals surface area (Å²) in [5, 5.41) is 9.52. The van der Waals surface area contributed by atoms with E-state index in [2.05, 4.69) is 0 Å². The van der Waals surface area contributed by atoms with E-state index in [9.17, 15) is 5.11 Å². The maximum absolute atomic E-state index is 9.52. The number of aliphatic hydroxyl groups is 1. The maximum Gasteiger partial charge on any atom is 0.0946 e. The molecule has 1 unspecified atom stereocenters. The van der Waals surface area contributed by atoms with E-state index in [1.807, 2.05) is 24.3 Å². The fourth-order valence-electron chi connectivity index (χ4n) is 1.60. The fraction of sp³-hybridized carbons (Fsp3) is 0.333. The van der Waals surface area contributed by atoms with Crippen LogP contribution in [0.3, 0.4) is 0 Å². The molecule has 66 valence electrons. The van der Waals surface area contributed by atoms with Crippen LogP contribution >= 0.6 is 12.4 Å². The zero-order chi connectivity index (χ0) is 7.84. The van der Waals surface area contributed by atoms with Crippen molar-refractivity contribution >= 4 is 12.4 Å². The van der Waals surface area contributed by atoms with Gasteiger partial charge in [-0.1, -0.05) is 24.3 Å². The molecule has 0 bridgehead atoms. The van der Waals surface area contributed by atoms with Gasteiger partial charge in [0.2, 0.25) is 0 Å². The van der Waals surface area contributed by atoms with Crippen LogP contribution in [-0.2, 0) is 6.42 Å². The van der Waals surface area contributed by atoms with Gasteiger partial charge in [-0.3, -0.25) is 0 Å². The van der Waals surface area contributed by atoms with Crippen molar-refractivity contribution in [3.8, 4) is 0 Å². The van der Waals surface area contributed by atoms with Crippen molar-refractivity contribution in [1.82, 2.24) is 0 Å². The summed E-state index contributed by atoms with van der Waals surface area (Å²) in [5.74, 6) is 0. The number of hydrogen-bond donors (Lipinski definition) is 2. The first-order valence-electron chi connectivity index (χ1n) is 3.80. The summed E-state index contributed by atoms with van der Waals surface area (Å²) in [7, 11) is 0. The van der Waals surface area contributed by atoms with E-state index in [0.717, 1.165) is 12.0 Å². The molecule has 1 aliphatic rings. The lowest BCUT2D eigenvalue weighted by Gasteiger charge is -2.07. The highest BCUT2D eigenvalue weighted by molar-refractivity contribution is 5.85. The molecule has 3 N–H and O–H groups in total. The molecule has 2 nitrogen and oxygen atoms in total. The average Bonchev–Trinajstić information content (AvgIpc) is 2.30. The Morgan fingerprint density at radius 3 is 2.67 bits per heavy atom. The molecule has 3 heteroatoms. The van der Waals surface area contributed by atoms with Gasteiger partial charge in [0.1, 0.15) is 0 Å². The van der Waals surface area contributed by atoms with Gasteiger partial charge in [-0.25, -0.2) is 0 Å². The Morgan fingerprint density at radius 1 is 1.33 bits per heavy atom. The van der Waals surface area contributed by atoms with Crippen molar-refractivity contribution in [2.75, 3.05) is 0 Å². The third-order valence-corrected chi connectivity index (χ3v) is 2.23. The number of benzene rings is 1. The molecular formula is C9H12ClNO. The summed E-state index contributed by atoms with van der Waals surface area (Å²) in [6, 6.07) is 7.76. The van der Waals surface area contributed by atoms with Crippen LogP contribution in [0.1, 0.15) is 17.2 Å². The molecule has 0 aromatic heterocycles. The predicted molar refractivity (Wildman–Crippen MR) is 50.3 cm³/mol. The molecule has 1 aliphatic carbocycles. The normalized spacial score (nSPS) is 26.2. The Labute approximate surface area is 77.8 Å². The topological polar surface area (TPSA) is 46.2 Å². The second-order valence-corrected chi connectivity index (χ2v) is 3.01. The summed E-state index contributed by atoms with van der Waals surface area (Å²) in [6.07, 6.45) is 0.350. The van der Waals surface area contributed by atoms with E-state index >= 15 is 0 Å². The van der Waals surface area contributed by atoms with Gasteiger partial charge in [-0.15, -0.1) is 12.4 Å². The zero-order valence-electron chi connectivity index (χ0n) is 6.60. The zero-order valence-corrected chi connectivity index (χ0v) is 7.42. The van der Waals surface area contributed by atoms with E-state index in [1.165, 1.54) is 5.56 Å². The van der Waals surface area contributed by atoms with Crippen LogP contribution in [0.25, 0.3) is 0 Å². The Morgan fingerprint density at radius 2 is 2.00 bits per heavy atom. The highest BCUT2D eigenvalue weighted by Crippen LogP contribution is 2.29. The molecule has 0 fully saturated rings.